The van der Waals surface area contributed by atoms with Crippen LogP contribution in [0.15, 0.2) is 35.1 Å². The number of aromatic amines is 2. The minimum Gasteiger partial charge on any atom is -0.360 e. The first-order valence-corrected chi connectivity index (χ1v) is 5.27. The molecule has 2 aromatic heterocycles. The van der Waals surface area contributed by atoms with E-state index in [-0.39, 0.29) is 0 Å². The summed E-state index contributed by atoms with van der Waals surface area (Å²) in [5.41, 5.74) is 3.00. The molecule has 0 bridgehead atoms. The van der Waals surface area contributed by atoms with Gasteiger partial charge in [0.25, 0.3) is 0 Å². The number of rotatable bonds is 1. The van der Waals surface area contributed by atoms with Gasteiger partial charge in [0.2, 0.25) is 0 Å². The molecule has 3 rings (SSSR count). The Kier molecular flexibility index (Phi) is 1.85. The first-order valence-electron chi connectivity index (χ1n) is 4.47. The van der Waals surface area contributed by atoms with E-state index in [0.29, 0.717) is 0 Å². The summed E-state index contributed by atoms with van der Waals surface area (Å²) < 4.78 is 1.05. The molecule has 1 aromatic carbocycles. The maximum absolute atomic E-state index is 4.07. The third kappa shape index (κ3) is 1.35. The van der Waals surface area contributed by atoms with E-state index in [9.17, 15) is 0 Å². The van der Waals surface area contributed by atoms with Crippen molar-refractivity contribution < 1.29 is 0 Å². The van der Waals surface area contributed by atoms with Gasteiger partial charge in [-0.05, 0) is 18.2 Å². The number of nitrogens with one attached hydrogen (secondary N) is 2. The lowest BCUT2D eigenvalue weighted by Gasteiger charge is -1.94. The number of H-pyrrole nitrogens is 2. The lowest BCUT2D eigenvalue weighted by molar-refractivity contribution is 0.942. The van der Waals surface area contributed by atoms with E-state index in [0.717, 1.165) is 26.6 Å². The van der Waals surface area contributed by atoms with Gasteiger partial charge in [0, 0.05) is 27.1 Å². The van der Waals surface area contributed by atoms with E-state index in [2.05, 4.69) is 42.4 Å². The van der Waals surface area contributed by atoms with Gasteiger partial charge in [-0.25, -0.2) is 0 Å². The average Bonchev–Trinajstić information content (AvgIpc) is 2.83. The van der Waals surface area contributed by atoms with E-state index < -0.39 is 0 Å². The molecule has 15 heavy (non-hydrogen) atoms. The fourth-order valence-electron chi connectivity index (χ4n) is 1.64. The number of halogens is 1. The van der Waals surface area contributed by atoms with Gasteiger partial charge < -0.3 is 4.98 Å². The van der Waals surface area contributed by atoms with Crippen molar-refractivity contribution in [3.8, 4) is 11.3 Å². The molecular weight excluding hydrogens is 256 g/mol. The van der Waals surface area contributed by atoms with Crippen LogP contribution in [0.25, 0.3) is 22.2 Å². The van der Waals surface area contributed by atoms with E-state index in [4.69, 9.17) is 0 Å². The zero-order valence-corrected chi connectivity index (χ0v) is 9.25. The smallest absolute Gasteiger partial charge is 0.114 e. The molecule has 74 valence electrons. The first kappa shape index (κ1) is 8.67. The molecule has 4 nitrogen and oxygen atoms in total. The molecule has 0 saturated carbocycles. The van der Waals surface area contributed by atoms with Gasteiger partial charge >= 0.3 is 0 Å². The summed E-state index contributed by atoms with van der Waals surface area (Å²) in [4.78, 5) is 3.20. The van der Waals surface area contributed by atoms with Crippen molar-refractivity contribution >= 4 is 26.8 Å². The maximum atomic E-state index is 4.07. The molecule has 0 unspecified atom stereocenters. The second kappa shape index (κ2) is 3.20. The number of nitrogens with zero attached hydrogens (tertiary/aromatic N) is 2. The quantitative estimate of drug-likeness (QED) is 0.709. The SMILES string of the molecule is Brc1ccc2[nH]cc(-c3cn[nH]n3)c2c1. The van der Waals surface area contributed by atoms with Gasteiger partial charge in [-0.15, -0.1) is 0 Å². The Balaban J connectivity index is 2.32. The average molecular weight is 263 g/mol. The molecule has 0 aliphatic carbocycles. The lowest BCUT2D eigenvalue weighted by Crippen LogP contribution is -1.75. The van der Waals surface area contributed by atoms with Crippen LogP contribution in [0.2, 0.25) is 0 Å². The normalized spacial score (nSPS) is 11.0. The van der Waals surface area contributed by atoms with Gasteiger partial charge in [0.15, 0.2) is 0 Å². The third-order valence-electron chi connectivity index (χ3n) is 2.33. The lowest BCUT2D eigenvalue weighted by atomic mass is 10.1. The summed E-state index contributed by atoms with van der Waals surface area (Å²) >= 11 is 3.46. The van der Waals surface area contributed by atoms with Gasteiger partial charge in [-0.2, -0.15) is 15.4 Å². The second-order valence-corrected chi connectivity index (χ2v) is 4.16. The Hall–Kier alpha value is -1.62. The molecule has 0 aliphatic heterocycles. The molecule has 5 heteroatoms. The van der Waals surface area contributed by atoms with E-state index >= 15 is 0 Å². The Morgan fingerprint density at radius 3 is 3.00 bits per heavy atom. The van der Waals surface area contributed by atoms with Crippen molar-refractivity contribution in [2.24, 2.45) is 0 Å². The molecular formula is C10H7BrN4. The number of hydrogen-bond donors (Lipinski definition) is 2. The van der Waals surface area contributed by atoms with Gasteiger partial charge in [-0.1, -0.05) is 15.9 Å². The van der Waals surface area contributed by atoms with Crippen LogP contribution in [-0.2, 0) is 0 Å². The Morgan fingerprint density at radius 2 is 2.20 bits per heavy atom. The van der Waals surface area contributed by atoms with Crippen LogP contribution in [0.5, 0.6) is 0 Å². The molecule has 3 aromatic rings. The van der Waals surface area contributed by atoms with Crippen LogP contribution in [0.4, 0.5) is 0 Å². The maximum Gasteiger partial charge on any atom is 0.114 e. The summed E-state index contributed by atoms with van der Waals surface area (Å²) in [5, 5.41) is 11.6. The Bertz CT molecular complexity index is 597. The Morgan fingerprint density at radius 1 is 1.27 bits per heavy atom. The summed E-state index contributed by atoms with van der Waals surface area (Å²) in [7, 11) is 0. The highest BCUT2D eigenvalue weighted by Crippen LogP contribution is 2.28. The molecule has 0 saturated heterocycles. The highest BCUT2D eigenvalue weighted by atomic mass is 79.9. The van der Waals surface area contributed by atoms with Gasteiger partial charge in [0.05, 0.1) is 6.20 Å². The molecule has 0 radical (unpaired) electrons. The molecule has 2 heterocycles. The van der Waals surface area contributed by atoms with Crippen molar-refractivity contribution in [1.82, 2.24) is 20.4 Å². The van der Waals surface area contributed by atoms with Crippen LogP contribution in [-0.4, -0.2) is 20.4 Å². The monoisotopic (exact) mass is 262 g/mol. The van der Waals surface area contributed by atoms with Crippen molar-refractivity contribution in [2.75, 3.05) is 0 Å². The number of benzene rings is 1. The molecule has 2 N–H and O–H groups in total. The highest BCUT2D eigenvalue weighted by molar-refractivity contribution is 9.10. The van der Waals surface area contributed by atoms with E-state index in [1.54, 1.807) is 6.20 Å². The predicted octanol–water partition coefficient (Wildman–Crippen LogP) is 2.72. The minimum absolute atomic E-state index is 0.847. The highest BCUT2D eigenvalue weighted by Gasteiger charge is 2.08. The summed E-state index contributed by atoms with van der Waals surface area (Å²) in [6.45, 7) is 0. The number of fused-ring (bicyclic) bond motifs is 1. The topological polar surface area (TPSA) is 57.4 Å². The fraction of sp³-hybridized carbons (Fsp3) is 0. The van der Waals surface area contributed by atoms with Crippen molar-refractivity contribution in [2.45, 2.75) is 0 Å². The predicted molar refractivity (Wildman–Crippen MR) is 61.4 cm³/mol. The van der Waals surface area contributed by atoms with E-state index in [1.165, 1.54) is 0 Å². The molecule has 0 amide bonds. The summed E-state index contributed by atoms with van der Waals surface area (Å²) in [5.74, 6) is 0. The van der Waals surface area contributed by atoms with Crippen molar-refractivity contribution in [3.63, 3.8) is 0 Å². The number of aromatic nitrogens is 4. The van der Waals surface area contributed by atoms with Crippen LogP contribution in [0.3, 0.4) is 0 Å². The Labute approximate surface area is 93.8 Å². The minimum atomic E-state index is 0.847. The zero-order valence-electron chi connectivity index (χ0n) is 7.66. The first-order chi connectivity index (χ1) is 7.34. The molecule has 0 spiro atoms. The van der Waals surface area contributed by atoms with Gasteiger partial charge in [-0.3, -0.25) is 0 Å². The second-order valence-electron chi connectivity index (χ2n) is 3.25. The standard InChI is InChI=1S/C10H7BrN4/c11-6-1-2-9-7(3-6)8(4-12-9)10-5-13-15-14-10/h1-5,12H,(H,13,14,15). The molecule has 0 aliphatic rings. The van der Waals surface area contributed by atoms with Crippen LogP contribution < -0.4 is 0 Å². The number of hydrogen-bond acceptors (Lipinski definition) is 2. The third-order valence-corrected chi connectivity index (χ3v) is 2.83. The van der Waals surface area contributed by atoms with Crippen LogP contribution in [0, 0.1) is 0 Å². The fourth-order valence-corrected chi connectivity index (χ4v) is 2.00. The largest absolute Gasteiger partial charge is 0.360 e. The van der Waals surface area contributed by atoms with Crippen LogP contribution in [0.1, 0.15) is 0 Å². The summed E-state index contributed by atoms with van der Waals surface area (Å²) in [6, 6.07) is 6.10. The van der Waals surface area contributed by atoms with Gasteiger partial charge in [0.1, 0.15) is 5.69 Å². The van der Waals surface area contributed by atoms with Crippen LogP contribution >= 0.6 is 15.9 Å². The van der Waals surface area contributed by atoms with Crippen molar-refractivity contribution in [3.05, 3.63) is 35.1 Å². The van der Waals surface area contributed by atoms with E-state index in [1.807, 2.05) is 18.3 Å². The zero-order chi connectivity index (χ0) is 10.3. The summed E-state index contributed by atoms with van der Waals surface area (Å²) in [6.07, 6.45) is 3.65. The van der Waals surface area contributed by atoms with Crippen molar-refractivity contribution in [1.29, 1.82) is 0 Å². The molecule has 0 atom stereocenters. The molecule has 0 fully saturated rings.